The van der Waals surface area contributed by atoms with E-state index in [0.29, 0.717) is 17.5 Å². The zero-order chi connectivity index (χ0) is 19.1. The van der Waals surface area contributed by atoms with Crippen molar-refractivity contribution in [3.8, 4) is 17.5 Å². The quantitative estimate of drug-likeness (QED) is 0.633. The third-order valence-corrected chi connectivity index (χ3v) is 4.76. The van der Waals surface area contributed by atoms with Crippen LogP contribution in [-0.4, -0.2) is 33.4 Å². The van der Waals surface area contributed by atoms with E-state index in [0.717, 1.165) is 11.3 Å². The van der Waals surface area contributed by atoms with Gasteiger partial charge in [-0.05, 0) is 19.1 Å². The third kappa shape index (κ3) is 4.96. The molecule has 0 unspecified atom stereocenters. The average molecular weight is 377 g/mol. The molecule has 0 saturated heterocycles. The van der Waals surface area contributed by atoms with Gasteiger partial charge in [-0.1, -0.05) is 59.8 Å². The van der Waals surface area contributed by atoms with Crippen molar-refractivity contribution < 1.29 is 4.79 Å². The predicted octanol–water partition coefficient (Wildman–Crippen LogP) is 3.82. The van der Waals surface area contributed by atoms with Gasteiger partial charge in [0.05, 0.1) is 18.2 Å². The zero-order valence-electron chi connectivity index (χ0n) is 14.9. The fraction of sp³-hybridized carbons (Fsp3) is 0.200. The number of hydrogen-bond donors (Lipinski definition) is 1. The summed E-state index contributed by atoms with van der Waals surface area (Å²) in [4.78, 5) is 18.7. The lowest BCUT2D eigenvalue weighted by Crippen LogP contribution is -2.33. The number of anilines is 1. The number of thioether (sulfide) groups is 1. The van der Waals surface area contributed by atoms with Crippen LogP contribution in [0, 0.1) is 18.3 Å². The molecule has 0 spiro atoms. The summed E-state index contributed by atoms with van der Waals surface area (Å²) >= 11 is 1.28. The monoisotopic (exact) mass is 377 g/mol. The fourth-order valence-corrected chi connectivity index (χ4v) is 3.20. The summed E-state index contributed by atoms with van der Waals surface area (Å²) in [5, 5.41) is 16.5. The van der Waals surface area contributed by atoms with Gasteiger partial charge < -0.3 is 4.90 Å². The van der Waals surface area contributed by atoms with Gasteiger partial charge in [0.15, 0.2) is 5.82 Å². The second kappa shape index (κ2) is 9.01. The minimum absolute atomic E-state index is 0.0804. The molecule has 3 rings (SSSR count). The molecule has 1 N–H and O–H groups in total. The van der Waals surface area contributed by atoms with Crippen molar-refractivity contribution in [1.82, 2.24) is 15.2 Å². The molecule has 2 aromatic carbocycles. The van der Waals surface area contributed by atoms with Gasteiger partial charge in [0, 0.05) is 17.8 Å². The number of aromatic amines is 1. The van der Waals surface area contributed by atoms with E-state index in [2.05, 4.69) is 21.3 Å². The van der Waals surface area contributed by atoms with Crippen molar-refractivity contribution in [1.29, 1.82) is 5.26 Å². The van der Waals surface area contributed by atoms with Gasteiger partial charge in [-0.2, -0.15) is 5.26 Å². The number of nitriles is 1. The molecular weight excluding hydrogens is 358 g/mol. The largest absolute Gasteiger partial charge is 0.311 e. The molecule has 0 aliphatic carbocycles. The summed E-state index contributed by atoms with van der Waals surface area (Å²) < 4.78 is 0. The maximum atomic E-state index is 12.7. The van der Waals surface area contributed by atoms with Crippen LogP contribution in [0.5, 0.6) is 0 Å². The molecule has 136 valence electrons. The van der Waals surface area contributed by atoms with Crippen LogP contribution < -0.4 is 4.90 Å². The maximum Gasteiger partial charge on any atom is 0.237 e. The molecule has 0 fully saturated rings. The second-order valence-electron chi connectivity index (χ2n) is 5.91. The van der Waals surface area contributed by atoms with Crippen LogP contribution in [0.1, 0.15) is 12.0 Å². The first-order valence-electron chi connectivity index (χ1n) is 8.52. The number of aromatic nitrogens is 3. The van der Waals surface area contributed by atoms with Gasteiger partial charge in [0.1, 0.15) is 0 Å². The van der Waals surface area contributed by atoms with E-state index in [1.54, 1.807) is 4.90 Å². The van der Waals surface area contributed by atoms with Crippen molar-refractivity contribution in [2.45, 2.75) is 18.5 Å². The Kier molecular flexibility index (Phi) is 6.23. The minimum atomic E-state index is -0.0804. The summed E-state index contributed by atoms with van der Waals surface area (Å²) in [6.45, 7) is 2.39. The number of amides is 1. The summed E-state index contributed by atoms with van der Waals surface area (Å²) in [5.41, 5.74) is 2.91. The molecule has 0 atom stereocenters. The van der Waals surface area contributed by atoms with Crippen molar-refractivity contribution in [2.24, 2.45) is 0 Å². The SMILES string of the molecule is Cc1ccc(-c2nc(SCC(=O)N(CCC#N)c3ccccc3)n[nH]2)cc1. The smallest absolute Gasteiger partial charge is 0.237 e. The molecule has 0 aliphatic heterocycles. The number of para-hydroxylation sites is 1. The molecular formula is C20H19N5OS. The standard InChI is InChI=1S/C20H19N5OS/c1-15-8-10-16(11-9-15)19-22-20(24-23-19)27-14-18(26)25(13-5-12-21)17-6-3-2-4-7-17/h2-4,6-11H,5,13-14H2,1H3,(H,22,23,24). The minimum Gasteiger partial charge on any atom is -0.311 e. The number of aryl methyl sites for hydroxylation is 1. The van der Waals surface area contributed by atoms with E-state index in [4.69, 9.17) is 5.26 Å². The lowest BCUT2D eigenvalue weighted by molar-refractivity contribution is -0.116. The molecule has 0 saturated carbocycles. The van der Waals surface area contributed by atoms with Crippen molar-refractivity contribution >= 4 is 23.4 Å². The van der Waals surface area contributed by atoms with E-state index in [9.17, 15) is 4.79 Å². The number of nitrogens with one attached hydrogen (secondary N) is 1. The summed E-state index contributed by atoms with van der Waals surface area (Å²) in [5.74, 6) is 0.795. The van der Waals surface area contributed by atoms with Gasteiger partial charge >= 0.3 is 0 Å². The molecule has 3 aromatic rings. The molecule has 27 heavy (non-hydrogen) atoms. The first-order chi connectivity index (χ1) is 13.2. The lowest BCUT2D eigenvalue weighted by Gasteiger charge is -2.21. The van der Waals surface area contributed by atoms with Gasteiger partial charge in [-0.15, -0.1) is 5.10 Å². The molecule has 1 aromatic heterocycles. The summed E-state index contributed by atoms with van der Waals surface area (Å²) in [7, 11) is 0. The Morgan fingerprint density at radius 1 is 1.19 bits per heavy atom. The predicted molar refractivity (Wildman–Crippen MR) is 106 cm³/mol. The highest BCUT2D eigenvalue weighted by Crippen LogP contribution is 2.21. The van der Waals surface area contributed by atoms with E-state index < -0.39 is 0 Å². The van der Waals surface area contributed by atoms with Crippen molar-refractivity contribution in [3.05, 3.63) is 60.2 Å². The van der Waals surface area contributed by atoms with Gasteiger partial charge in [0.2, 0.25) is 11.1 Å². The van der Waals surface area contributed by atoms with E-state index in [-0.39, 0.29) is 18.1 Å². The average Bonchev–Trinajstić information content (AvgIpc) is 3.17. The van der Waals surface area contributed by atoms with Crippen LogP contribution >= 0.6 is 11.8 Å². The van der Waals surface area contributed by atoms with Crippen LogP contribution in [0.15, 0.2) is 59.8 Å². The topological polar surface area (TPSA) is 85.7 Å². The number of benzene rings is 2. The molecule has 6 nitrogen and oxygen atoms in total. The molecule has 0 bridgehead atoms. The first kappa shape index (κ1) is 18.7. The number of hydrogen-bond acceptors (Lipinski definition) is 5. The highest BCUT2D eigenvalue weighted by atomic mass is 32.2. The summed E-state index contributed by atoms with van der Waals surface area (Å²) in [6.07, 6.45) is 0.281. The Morgan fingerprint density at radius 2 is 1.93 bits per heavy atom. The number of carbonyl (C=O) groups is 1. The Morgan fingerprint density at radius 3 is 2.63 bits per heavy atom. The Bertz CT molecular complexity index is 931. The molecule has 0 aliphatic rings. The fourth-order valence-electron chi connectivity index (χ4n) is 2.52. The summed E-state index contributed by atoms with van der Waals surface area (Å²) in [6, 6.07) is 19.5. The highest BCUT2D eigenvalue weighted by molar-refractivity contribution is 7.99. The van der Waals surface area contributed by atoms with E-state index in [1.807, 2.05) is 61.5 Å². The van der Waals surface area contributed by atoms with Gasteiger partial charge in [-0.25, -0.2) is 4.98 Å². The normalized spacial score (nSPS) is 10.4. The number of nitrogens with zero attached hydrogens (tertiary/aromatic N) is 4. The van der Waals surface area contributed by atoms with Crippen LogP contribution in [0.25, 0.3) is 11.4 Å². The first-order valence-corrected chi connectivity index (χ1v) is 9.50. The Hall–Kier alpha value is -3.11. The van der Waals surface area contributed by atoms with Gasteiger partial charge in [0.25, 0.3) is 0 Å². The van der Waals surface area contributed by atoms with Crippen LogP contribution in [0.4, 0.5) is 5.69 Å². The van der Waals surface area contributed by atoms with E-state index in [1.165, 1.54) is 17.3 Å². The highest BCUT2D eigenvalue weighted by Gasteiger charge is 2.17. The Balaban J connectivity index is 1.65. The molecule has 0 radical (unpaired) electrons. The van der Waals surface area contributed by atoms with E-state index >= 15 is 0 Å². The maximum absolute atomic E-state index is 12.7. The molecule has 1 heterocycles. The third-order valence-electron chi connectivity index (χ3n) is 3.93. The zero-order valence-corrected chi connectivity index (χ0v) is 15.7. The van der Waals surface area contributed by atoms with Gasteiger partial charge in [-0.3, -0.25) is 9.89 Å². The number of rotatable bonds is 7. The van der Waals surface area contributed by atoms with Crippen LogP contribution in [-0.2, 0) is 4.79 Å². The lowest BCUT2D eigenvalue weighted by atomic mass is 10.1. The molecule has 1 amide bonds. The number of carbonyl (C=O) groups excluding carboxylic acids is 1. The molecule has 7 heteroatoms. The van der Waals surface area contributed by atoms with Crippen molar-refractivity contribution in [3.63, 3.8) is 0 Å². The van der Waals surface area contributed by atoms with Crippen molar-refractivity contribution in [2.75, 3.05) is 17.2 Å². The Labute approximate surface area is 162 Å². The second-order valence-corrected chi connectivity index (χ2v) is 6.85. The van der Waals surface area contributed by atoms with Crippen LogP contribution in [0.2, 0.25) is 0 Å². The van der Waals surface area contributed by atoms with Crippen LogP contribution in [0.3, 0.4) is 0 Å². The number of H-pyrrole nitrogens is 1.